The summed E-state index contributed by atoms with van der Waals surface area (Å²) < 4.78 is 5.58. The maximum atomic E-state index is 13.1. The Kier molecular flexibility index (Phi) is 7.31. The molecule has 0 aliphatic carbocycles. The predicted octanol–water partition coefficient (Wildman–Crippen LogP) is 3.47. The van der Waals surface area contributed by atoms with Crippen LogP contribution >= 0.6 is 0 Å². The largest absolute Gasteiger partial charge is 0.361 e. The highest BCUT2D eigenvalue weighted by Crippen LogP contribution is 2.29. The summed E-state index contributed by atoms with van der Waals surface area (Å²) >= 11 is 0. The fourth-order valence-corrected chi connectivity index (χ4v) is 4.87. The molecule has 174 valence electrons. The molecule has 6 nitrogen and oxygen atoms in total. The molecule has 2 aliphatic heterocycles. The number of rotatable bonds is 6. The lowest BCUT2D eigenvalue weighted by Gasteiger charge is -2.37. The van der Waals surface area contributed by atoms with Gasteiger partial charge in [-0.3, -0.25) is 9.69 Å². The third-order valence-corrected chi connectivity index (χ3v) is 6.95. The Labute approximate surface area is 192 Å². The van der Waals surface area contributed by atoms with Crippen molar-refractivity contribution in [2.24, 2.45) is 11.8 Å². The van der Waals surface area contributed by atoms with Crippen LogP contribution in [-0.4, -0.2) is 60.1 Å². The molecular formula is C26H38N4O2. The third-order valence-electron chi connectivity index (χ3n) is 6.95. The van der Waals surface area contributed by atoms with Crippen LogP contribution in [-0.2, 0) is 23.2 Å². The molecule has 0 spiro atoms. The Hall–Kier alpha value is -2.18. The van der Waals surface area contributed by atoms with Crippen molar-refractivity contribution in [2.45, 2.75) is 52.0 Å². The Morgan fingerprint density at radius 2 is 1.88 bits per heavy atom. The fourth-order valence-electron chi connectivity index (χ4n) is 4.87. The maximum Gasteiger partial charge on any atom is 0.222 e. The smallest absolute Gasteiger partial charge is 0.222 e. The van der Waals surface area contributed by atoms with Crippen LogP contribution < -0.4 is 5.32 Å². The van der Waals surface area contributed by atoms with Gasteiger partial charge in [-0.1, -0.05) is 56.3 Å². The van der Waals surface area contributed by atoms with E-state index in [0.717, 1.165) is 70.1 Å². The van der Waals surface area contributed by atoms with E-state index in [2.05, 4.69) is 77.4 Å². The molecule has 2 aliphatic rings. The lowest BCUT2D eigenvalue weighted by Crippen LogP contribution is -2.49. The number of aromatic nitrogens is 1. The van der Waals surface area contributed by atoms with Gasteiger partial charge in [0.25, 0.3) is 0 Å². The van der Waals surface area contributed by atoms with E-state index >= 15 is 0 Å². The molecular weight excluding hydrogens is 400 g/mol. The van der Waals surface area contributed by atoms with E-state index in [1.807, 2.05) is 0 Å². The summed E-state index contributed by atoms with van der Waals surface area (Å²) in [6, 6.07) is 12.7. The SMILES string of the molecule is CC(C)(C)c1cc(CC2CNCCC2CC(=O)N2CCN(Cc3ccccc3)CC2)no1. The molecule has 0 saturated carbocycles. The number of amides is 1. The highest BCUT2D eigenvalue weighted by Gasteiger charge is 2.31. The third kappa shape index (κ3) is 5.99. The van der Waals surface area contributed by atoms with E-state index in [1.54, 1.807) is 0 Å². The van der Waals surface area contributed by atoms with Crippen molar-refractivity contribution >= 4 is 5.91 Å². The molecule has 2 aromatic rings. The van der Waals surface area contributed by atoms with Gasteiger partial charge in [-0.2, -0.15) is 0 Å². The van der Waals surface area contributed by atoms with Gasteiger partial charge in [0.05, 0.1) is 5.69 Å². The number of hydrogen-bond acceptors (Lipinski definition) is 5. The summed E-state index contributed by atoms with van der Waals surface area (Å²) in [4.78, 5) is 17.6. The molecule has 0 bridgehead atoms. The predicted molar refractivity (Wildman–Crippen MR) is 126 cm³/mol. The van der Waals surface area contributed by atoms with Crippen LogP contribution in [0.5, 0.6) is 0 Å². The molecule has 2 atom stereocenters. The van der Waals surface area contributed by atoms with Crippen LogP contribution in [0.25, 0.3) is 0 Å². The molecule has 1 aromatic carbocycles. The number of benzene rings is 1. The summed E-state index contributed by atoms with van der Waals surface area (Å²) in [6.07, 6.45) is 2.57. The number of carbonyl (C=O) groups excluding carboxylic acids is 1. The van der Waals surface area contributed by atoms with Gasteiger partial charge < -0.3 is 14.7 Å². The zero-order chi connectivity index (χ0) is 22.6. The van der Waals surface area contributed by atoms with Crippen molar-refractivity contribution < 1.29 is 9.32 Å². The fraction of sp³-hybridized carbons (Fsp3) is 0.615. The molecule has 0 radical (unpaired) electrons. The van der Waals surface area contributed by atoms with E-state index in [9.17, 15) is 4.79 Å². The van der Waals surface area contributed by atoms with Crippen LogP contribution in [0.3, 0.4) is 0 Å². The van der Waals surface area contributed by atoms with Crippen molar-refractivity contribution in [3.05, 3.63) is 53.4 Å². The van der Waals surface area contributed by atoms with Crippen molar-refractivity contribution in [2.75, 3.05) is 39.3 Å². The van der Waals surface area contributed by atoms with Crippen LogP contribution in [0.15, 0.2) is 40.9 Å². The Morgan fingerprint density at radius 1 is 1.12 bits per heavy atom. The number of nitrogens with one attached hydrogen (secondary N) is 1. The summed E-state index contributed by atoms with van der Waals surface area (Å²) in [5, 5.41) is 7.83. The van der Waals surface area contributed by atoms with Gasteiger partial charge in [0.15, 0.2) is 0 Å². The van der Waals surface area contributed by atoms with Gasteiger partial charge in [0.1, 0.15) is 5.76 Å². The van der Waals surface area contributed by atoms with Crippen molar-refractivity contribution in [3.63, 3.8) is 0 Å². The van der Waals surface area contributed by atoms with Crippen molar-refractivity contribution in [1.82, 2.24) is 20.3 Å². The van der Waals surface area contributed by atoms with E-state index in [0.29, 0.717) is 24.2 Å². The molecule has 1 amide bonds. The summed E-state index contributed by atoms with van der Waals surface area (Å²) in [5.74, 6) is 2.07. The molecule has 2 saturated heterocycles. The Morgan fingerprint density at radius 3 is 2.56 bits per heavy atom. The standard InChI is InChI=1S/C26H38N4O2/c1-26(2,3)24-17-23(28-32-24)15-22-18-27-10-9-21(22)16-25(31)30-13-11-29(12-14-30)19-20-7-5-4-6-8-20/h4-8,17,21-22,27H,9-16,18-19H2,1-3H3. The molecule has 2 fully saturated rings. The first kappa shape index (κ1) is 23.0. The second-order valence-electron chi connectivity index (χ2n) is 10.5. The number of nitrogens with zero attached hydrogens (tertiary/aromatic N) is 3. The average molecular weight is 439 g/mol. The van der Waals surface area contributed by atoms with Crippen molar-refractivity contribution in [3.8, 4) is 0 Å². The first-order valence-electron chi connectivity index (χ1n) is 12.1. The number of piperazine rings is 1. The van der Waals surface area contributed by atoms with Gasteiger partial charge in [0, 0.05) is 50.6 Å². The van der Waals surface area contributed by atoms with Crippen LogP contribution in [0.4, 0.5) is 0 Å². The first-order valence-corrected chi connectivity index (χ1v) is 12.1. The minimum atomic E-state index is -0.0336. The lowest BCUT2D eigenvalue weighted by atomic mass is 9.80. The van der Waals surface area contributed by atoms with Gasteiger partial charge in [-0.05, 0) is 43.3 Å². The zero-order valence-corrected chi connectivity index (χ0v) is 19.8. The quantitative estimate of drug-likeness (QED) is 0.748. The van der Waals surface area contributed by atoms with E-state index in [-0.39, 0.29) is 5.41 Å². The van der Waals surface area contributed by atoms with Gasteiger partial charge >= 0.3 is 0 Å². The minimum absolute atomic E-state index is 0.0336. The second kappa shape index (κ2) is 10.2. The Bertz CT molecular complexity index is 865. The van der Waals surface area contributed by atoms with E-state index in [4.69, 9.17) is 4.52 Å². The van der Waals surface area contributed by atoms with E-state index in [1.165, 1.54) is 5.56 Å². The highest BCUT2D eigenvalue weighted by atomic mass is 16.5. The summed E-state index contributed by atoms with van der Waals surface area (Å²) in [5.41, 5.74) is 2.32. The molecule has 1 N–H and O–H groups in total. The molecule has 32 heavy (non-hydrogen) atoms. The summed E-state index contributed by atoms with van der Waals surface area (Å²) in [7, 11) is 0. The average Bonchev–Trinajstić information content (AvgIpc) is 3.26. The molecule has 2 unspecified atom stereocenters. The summed E-state index contributed by atoms with van der Waals surface area (Å²) in [6.45, 7) is 12.9. The minimum Gasteiger partial charge on any atom is -0.361 e. The van der Waals surface area contributed by atoms with Gasteiger partial charge in [-0.15, -0.1) is 0 Å². The van der Waals surface area contributed by atoms with Gasteiger partial charge in [-0.25, -0.2) is 0 Å². The van der Waals surface area contributed by atoms with Gasteiger partial charge in [0.2, 0.25) is 5.91 Å². The normalized spacial score (nSPS) is 22.8. The van der Waals surface area contributed by atoms with Crippen LogP contribution in [0.2, 0.25) is 0 Å². The van der Waals surface area contributed by atoms with Crippen LogP contribution in [0.1, 0.15) is 50.6 Å². The van der Waals surface area contributed by atoms with Crippen LogP contribution in [0, 0.1) is 11.8 Å². The monoisotopic (exact) mass is 438 g/mol. The topological polar surface area (TPSA) is 61.6 Å². The number of hydrogen-bond donors (Lipinski definition) is 1. The molecule has 3 heterocycles. The molecule has 4 rings (SSSR count). The molecule has 1 aromatic heterocycles. The number of carbonyl (C=O) groups is 1. The second-order valence-corrected chi connectivity index (χ2v) is 10.5. The first-order chi connectivity index (χ1) is 15.4. The van der Waals surface area contributed by atoms with Crippen molar-refractivity contribution in [1.29, 1.82) is 0 Å². The van der Waals surface area contributed by atoms with E-state index < -0.39 is 0 Å². The lowest BCUT2D eigenvalue weighted by molar-refractivity contribution is -0.134. The Balaban J connectivity index is 1.28. The number of piperidine rings is 1. The highest BCUT2D eigenvalue weighted by molar-refractivity contribution is 5.76. The maximum absolute atomic E-state index is 13.1. The zero-order valence-electron chi connectivity index (χ0n) is 19.8. The molecule has 6 heteroatoms.